The molecular weight excluding hydrogens is 272 g/mol. The monoisotopic (exact) mass is 296 g/mol. The van der Waals surface area contributed by atoms with Crippen molar-refractivity contribution in [3.63, 3.8) is 0 Å². The molecule has 3 nitrogen and oxygen atoms in total. The van der Waals surface area contributed by atoms with Gasteiger partial charge in [-0.25, -0.2) is 0 Å². The number of rotatable bonds is 4. The Hall–Kier alpha value is -1.84. The van der Waals surface area contributed by atoms with Gasteiger partial charge in [0.1, 0.15) is 0 Å². The van der Waals surface area contributed by atoms with Gasteiger partial charge in [0.25, 0.3) is 0 Å². The minimum Gasteiger partial charge on any atom is -0.391 e. The van der Waals surface area contributed by atoms with Crippen LogP contribution in [0.25, 0.3) is 21.8 Å². The van der Waals surface area contributed by atoms with Gasteiger partial charge >= 0.3 is 0 Å². The second-order valence-electron chi connectivity index (χ2n) is 6.30. The summed E-state index contributed by atoms with van der Waals surface area (Å²) in [4.78, 5) is 0. The standard InChI is InChI=1S/C19H24N2O/c1-4-21-16-8-6-5-7-14(16)15-11-13(9-10-17(15)21)18(20)19(22)12(2)3/h5-12,18-19,22H,4,20H2,1-3H3/t18-,19+/m0/s1. The highest BCUT2D eigenvalue weighted by atomic mass is 16.3. The second-order valence-corrected chi connectivity index (χ2v) is 6.30. The van der Waals surface area contributed by atoms with E-state index in [2.05, 4.69) is 47.9 Å². The third kappa shape index (κ3) is 2.31. The first-order valence-electron chi connectivity index (χ1n) is 7.99. The lowest BCUT2D eigenvalue weighted by molar-refractivity contribution is 0.0980. The van der Waals surface area contributed by atoms with Crippen LogP contribution in [-0.2, 0) is 6.54 Å². The fourth-order valence-electron chi connectivity index (χ4n) is 3.23. The molecule has 22 heavy (non-hydrogen) atoms. The minimum absolute atomic E-state index is 0.141. The van der Waals surface area contributed by atoms with E-state index >= 15 is 0 Å². The molecular formula is C19H24N2O. The Balaban J connectivity index is 2.20. The SMILES string of the molecule is CCn1c2ccccc2c2cc([C@H](N)[C@H](O)C(C)C)ccc21. The summed E-state index contributed by atoms with van der Waals surface area (Å²) >= 11 is 0. The van der Waals surface area contributed by atoms with E-state index in [-0.39, 0.29) is 12.0 Å². The molecule has 1 heterocycles. The maximum atomic E-state index is 10.3. The van der Waals surface area contributed by atoms with Crippen LogP contribution < -0.4 is 5.73 Å². The number of fused-ring (bicyclic) bond motifs is 3. The lowest BCUT2D eigenvalue weighted by atomic mass is 9.93. The normalized spacial score (nSPS) is 14.8. The Labute approximate surface area is 131 Å². The van der Waals surface area contributed by atoms with Gasteiger partial charge in [0.05, 0.1) is 12.1 Å². The fourth-order valence-corrected chi connectivity index (χ4v) is 3.23. The largest absolute Gasteiger partial charge is 0.391 e. The molecule has 0 aliphatic heterocycles. The van der Waals surface area contributed by atoms with Crippen LogP contribution in [0.1, 0.15) is 32.4 Å². The summed E-state index contributed by atoms with van der Waals surface area (Å²) in [6.45, 7) is 7.08. The summed E-state index contributed by atoms with van der Waals surface area (Å²) < 4.78 is 2.32. The molecule has 0 aliphatic rings. The molecule has 2 atom stereocenters. The molecule has 0 saturated heterocycles. The lowest BCUT2D eigenvalue weighted by Crippen LogP contribution is -2.30. The first-order chi connectivity index (χ1) is 10.5. The number of para-hydroxylation sites is 1. The van der Waals surface area contributed by atoms with Crippen LogP contribution in [0.2, 0.25) is 0 Å². The number of aliphatic hydroxyl groups excluding tert-OH is 1. The predicted octanol–water partition coefficient (Wildman–Crippen LogP) is 3.83. The maximum Gasteiger partial charge on any atom is 0.0755 e. The zero-order valence-electron chi connectivity index (χ0n) is 13.5. The highest BCUT2D eigenvalue weighted by Crippen LogP contribution is 2.31. The summed E-state index contributed by atoms with van der Waals surface area (Å²) in [7, 11) is 0. The smallest absolute Gasteiger partial charge is 0.0755 e. The van der Waals surface area contributed by atoms with Gasteiger partial charge in [0.2, 0.25) is 0 Å². The van der Waals surface area contributed by atoms with Crippen molar-refractivity contribution in [2.75, 3.05) is 0 Å². The van der Waals surface area contributed by atoms with Gasteiger partial charge in [-0.1, -0.05) is 38.1 Å². The molecule has 0 amide bonds. The summed E-state index contributed by atoms with van der Waals surface area (Å²) in [5.74, 6) is 0.141. The molecule has 0 fully saturated rings. The van der Waals surface area contributed by atoms with Crippen LogP contribution in [0, 0.1) is 5.92 Å². The van der Waals surface area contributed by atoms with Crippen molar-refractivity contribution in [3.8, 4) is 0 Å². The van der Waals surface area contributed by atoms with Crippen LogP contribution in [0.15, 0.2) is 42.5 Å². The van der Waals surface area contributed by atoms with E-state index in [0.29, 0.717) is 0 Å². The van der Waals surface area contributed by atoms with Gasteiger partial charge in [0.15, 0.2) is 0 Å². The minimum atomic E-state index is -0.531. The first kappa shape index (κ1) is 15.1. The summed E-state index contributed by atoms with van der Waals surface area (Å²) in [6, 6.07) is 14.4. The summed E-state index contributed by atoms with van der Waals surface area (Å²) in [6.07, 6.45) is -0.531. The average molecular weight is 296 g/mol. The van der Waals surface area contributed by atoms with E-state index in [1.165, 1.54) is 21.8 Å². The van der Waals surface area contributed by atoms with Crippen molar-refractivity contribution in [2.45, 2.75) is 39.5 Å². The Morgan fingerprint density at radius 1 is 1.05 bits per heavy atom. The molecule has 0 spiro atoms. The highest BCUT2D eigenvalue weighted by molar-refractivity contribution is 6.08. The van der Waals surface area contributed by atoms with Gasteiger partial charge in [-0.05, 0) is 36.6 Å². The highest BCUT2D eigenvalue weighted by Gasteiger charge is 2.21. The van der Waals surface area contributed by atoms with Gasteiger partial charge in [0, 0.05) is 28.4 Å². The molecule has 3 heteroatoms. The first-order valence-corrected chi connectivity index (χ1v) is 7.99. The molecule has 0 bridgehead atoms. The van der Waals surface area contributed by atoms with Crippen molar-refractivity contribution in [1.29, 1.82) is 0 Å². The van der Waals surface area contributed by atoms with E-state index < -0.39 is 6.10 Å². The van der Waals surface area contributed by atoms with Crippen molar-refractivity contribution in [2.24, 2.45) is 11.7 Å². The second kappa shape index (κ2) is 5.75. The summed E-state index contributed by atoms with van der Waals surface area (Å²) in [5.41, 5.74) is 9.72. The zero-order valence-corrected chi connectivity index (χ0v) is 13.5. The Bertz CT molecular complexity index is 804. The van der Waals surface area contributed by atoms with Gasteiger partial charge in [-0.2, -0.15) is 0 Å². The fraction of sp³-hybridized carbons (Fsp3) is 0.368. The van der Waals surface area contributed by atoms with E-state index in [1.54, 1.807) is 0 Å². The molecule has 3 aromatic rings. The molecule has 3 N–H and O–H groups in total. The van der Waals surface area contributed by atoms with E-state index in [4.69, 9.17) is 5.73 Å². The maximum absolute atomic E-state index is 10.3. The summed E-state index contributed by atoms with van der Waals surface area (Å²) in [5, 5.41) is 12.7. The molecule has 116 valence electrons. The van der Waals surface area contributed by atoms with Crippen molar-refractivity contribution in [3.05, 3.63) is 48.0 Å². The van der Waals surface area contributed by atoms with Gasteiger partial charge < -0.3 is 15.4 Å². The van der Waals surface area contributed by atoms with E-state index in [0.717, 1.165) is 12.1 Å². The molecule has 0 aliphatic carbocycles. The van der Waals surface area contributed by atoms with E-state index in [1.807, 2.05) is 19.9 Å². The van der Waals surface area contributed by atoms with Crippen molar-refractivity contribution >= 4 is 21.8 Å². The predicted molar refractivity (Wildman–Crippen MR) is 92.9 cm³/mol. The number of aromatic nitrogens is 1. The molecule has 1 aromatic heterocycles. The molecule has 3 rings (SSSR count). The van der Waals surface area contributed by atoms with Crippen LogP contribution in [0.4, 0.5) is 0 Å². The van der Waals surface area contributed by atoms with Gasteiger partial charge in [-0.3, -0.25) is 0 Å². The number of hydrogen-bond acceptors (Lipinski definition) is 2. The number of aryl methyl sites for hydroxylation is 1. The average Bonchev–Trinajstić information content (AvgIpc) is 2.86. The zero-order chi connectivity index (χ0) is 15.9. The molecule has 0 saturated carbocycles. The van der Waals surface area contributed by atoms with Crippen LogP contribution in [0.3, 0.4) is 0 Å². The Morgan fingerprint density at radius 2 is 1.73 bits per heavy atom. The topological polar surface area (TPSA) is 51.2 Å². The van der Waals surface area contributed by atoms with E-state index in [9.17, 15) is 5.11 Å². The number of hydrogen-bond donors (Lipinski definition) is 2. The number of benzene rings is 2. The van der Waals surface area contributed by atoms with Crippen molar-refractivity contribution in [1.82, 2.24) is 4.57 Å². The van der Waals surface area contributed by atoms with Crippen LogP contribution in [0.5, 0.6) is 0 Å². The molecule has 0 unspecified atom stereocenters. The number of nitrogens with two attached hydrogens (primary N) is 1. The van der Waals surface area contributed by atoms with Gasteiger partial charge in [-0.15, -0.1) is 0 Å². The van der Waals surface area contributed by atoms with Crippen molar-refractivity contribution < 1.29 is 5.11 Å². The van der Waals surface area contributed by atoms with Crippen LogP contribution in [-0.4, -0.2) is 15.8 Å². The third-order valence-corrected chi connectivity index (χ3v) is 4.55. The lowest BCUT2D eigenvalue weighted by Gasteiger charge is -2.22. The quantitative estimate of drug-likeness (QED) is 0.768. The third-order valence-electron chi connectivity index (χ3n) is 4.55. The molecule has 2 aromatic carbocycles. The van der Waals surface area contributed by atoms with Crippen LogP contribution >= 0.6 is 0 Å². The number of nitrogens with zero attached hydrogens (tertiary/aromatic N) is 1. The Kier molecular flexibility index (Phi) is 3.94. The molecule has 0 radical (unpaired) electrons. The Morgan fingerprint density at radius 3 is 2.41 bits per heavy atom. The number of aliphatic hydroxyl groups is 1.